The zero-order chi connectivity index (χ0) is 19.3. The molecule has 0 unspecified atom stereocenters. The Labute approximate surface area is 159 Å². The Balaban J connectivity index is 2.27. The van der Waals surface area contributed by atoms with Crippen LogP contribution in [0.3, 0.4) is 0 Å². The number of carbonyl (C=O) groups excluding carboxylic acids is 1. The van der Waals surface area contributed by atoms with E-state index in [-0.39, 0.29) is 17.7 Å². The van der Waals surface area contributed by atoms with Gasteiger partial charge in [-0.2, -0.15) is 8.42 Å². The van der Waals surface area contributed by atoms with Crippen LogP contribution in [0.5, 0.6) is 5.75 Å². The number of benzene rings is 2. The van der Waals surface area contributed by atoms with Gasteiger partial charge in [0.1, 0.15) is 5.75 Å². The summed E-state index contributed by atoms with van der Waals surface area (Å²) in [4.78, 5) is 14.7. The van der Waals surface area contributed by atoms with E-state index in [1.807, 2.05) is 19.9 Å². The number of nitrogens with zero attached hydrogens (tertiary/aromatic N) is 1. The summed E-state index contributed by atoms with van der Waals surface area (Å²) in [6, 6.07) is 13.5. The number of carbonyl (C=O) groups is 1. The van der Waals surface area contributed by atoms with Crippen LogP contribution in [0.1, 0.15) is 36.2 Å². The summed E-state index contributed by atoms with van der Waals surface area (Å²) in [6.07, 6.45) is 1.79. The monoisotopic (exact) mass is 395 g/mol. The minimum Gasteiger partial charge on any atom is -0.383 e. The number of rotatable bonds is 7. The van der Waals surface area contributed by atoms with Crippen LogP contribution in [0, 0.1) is 0 Å². The van der Waals surface area contributed by atoms with Gasteiger partial charge in [0.2, 0.25) is 0 Å². The molecular formula is C19H22ClNO4S. The molecule has 7 heteroatoms. The lowest BCUT2D eigenvalue weighted by Gasteiger charge is -2.29. The zero-order valence-electron chi connectivity index (χ0n) is 15.0. The van der Waals surface area contributed by atoms with Gasteiger partial charge in [-0.25, -0.2) is 0 Å². The Morgan fingerprint density at radius 1 is 1.19 bits per heavy atom. The molecule has 0 bridgehead atoms. The summed E-state index contributed by atoms with van der Waals surface area (Å²) in [5.41, 5.74) is 1.34. The molecule has 0 spiro atoms. The van der Waals surface area contributed by atoms with Crippen molar-refractivity contribution >= 4 is 27.6 Å². The molecule has 5 nitrogen and oxygen atoms in total. The summed E-state index contributed by atoms with van der Waals surface area (Å²) in [5, 5.41) is 0.572. The molecule has 2 rings (SSSR count). The number of hydrogen-bond donors (Lipinski definition) is 0. The Morgan fingerprint density at radius 3 is 2.42 bits per heavy atom. The van der Waals surface area contributed by atoms with Crippen molar-refractivity contribution in [1.82, 2.24) is 4.90 Å². The highest BCUT2D eigenvalue weighted by Gasteiger charge is 2.21. The van der Waals surface area contributed by atoms with E-state index in [4.69, 9.17) is 15.8 Å². The van der Waals surface area contributed by atoms with Gasteiger partial charge in [0, 0.05) is 23.2 Å². The van der Waals surface area contributed by atoms with E-state index in [1.54, 1.807) is 47.4 Å². The van der Waals surface area contributed by atoms with Gasteiger partial charge in [0.15, 0.2) is 0 Å². The van der Waals surface area contributed by atoms with Crippen molar-refractivity contribution in [3.8, 4) is 5.75 Å². The highest BCUT2D eigenvalue weighted by molar-refractivity contribution is 7.86. The fourth-order valence-corrected chi connectivity index (χ4v) is 3.05. The van der Waals surface area contributed by atoms with E-state index >= 15 is 0 Å². The Kier molecular flexibility index (Phi) is 6.67. The van der Waals surface area contributed by atoms with Crippen molar-refractivity contribution in [3.05, 3.63) is 64.7 Å². The first-order valence-electron chi connectivity index (χ1n) is 8.24. The first kappa shape index (κ1) is 20.3. The van der Waals surface area contributed by atoms with Crippen LogP contribution in [0.15, 0.2) is 48.5 Å². The molecule has 0 heterocycles. The van der Waals surface area contributed by atoms with E-state index in [0.717, 1.165) is 18.2 Å². The molecule has 0 aliphatic rings. The van der Waals surface area contributed by atoms with Crippen molar-refractivity contribution in [3.63, 3.8) is 0 Å². The smallest absolute Gasteiger partial charge is 0.306 e. The summed E-state index contributed by atoms with van der Waals surface area (Å²) < 4.78 is 27.5. The number of halogens is 1. The topological polar surface area (TPSA) is 63.7 Å². The summed E-state index contributed by atoms with van der Waals surface area (Å²) >= 11 is 5.90. The fraction of sp³-hybridized carbons (Fsp3) is 0.316. The first-order valence-corrected chi connectivity index (χ1v) is 10.4. The van der Waals surface area contributed by atoms with E-state index < -0.39 is 10.1 Å². The van der Waals surface area contributed by atoms with E-state index in [1.165, 1.54) is 0 Å². The van der Waals surface area contributed by atoms with Crippen molar-refractivity contribution in [2.45, 2.75) is 32.9 Å². The Hall–Kier alpha value is -2.05. The van der Waals surface area contributed by atoms with Gasteiger partial charge in [-0.15, -0.1) is 0 Å². The van der Waals surface area contributed by atoms with Gasteiger partial charge in [0.05, 0.1) is 6.26 Å². The summed E-state index contributed by atoms with van der Waals surface area (Å²) in [7, 11) is -3.60. The normalized spacial score (nSPS) is 12.5. The lowest BCUT2D eigenvalue weighted by atomic mass is 10.1. The van der Waals surface area contributed by atoms with Crippen LogP contribution in [-0.4, -0.2) is 31.5 Å². The van der Waals surface area contributed by atoms with Gasteiger partial charge in [-0.3, -0.25) is 4.79 Å². The van der Waals surface area contributed by atoms with Crippen LogP contribution in [0.25, 0.3) is 0 Å². The molecule has 0 fully saturated rings. The minimum absolute atomic E-state index is 0.0117. The van der Waals surface area contributed by atoms with Gasteiger partial charge >= 0.3 is 10.1 Å². The number of hydrogen-bond acceptors (Lipinski definition) is 4. The molecule has 0 radical (unpaired) electrons. The summed E-state index contributed by atoms with van der Waals surface area (Å²) in [6.45, 7) is 4.33. The SMILES string of the molecule is CC[C@H](C)N(Cc1cccc(OS(C)(=O)=O)c1)C(=O)c1ccc(Cl)cc1. The van der Waals surface area contributed by atoms with Gasteiger partial charge in [-0.05, 0) is 55.3 Å². The second kappa shape index (κ2) is 8.56. The molecule has 0 aliphatic carbocycles. The number of amides is 1. The molecule has 0 N–H and O–H groups in total. The predicted molar refractivity (Wildman–Crippen MR) is 103 cm³/mol. The average Bonchev–Trinajstić information content (AvgIpc) is 2.58. The Bertz CT molecular complexity index is 865. The molecule has 0 saturated heterocycles. The van der Waals surface area contributed by atoms with Crippen molar-refractivity contribution in [1.29, 1.82) is 0 Å². The van der Waals surface area contributed by atoms with E-state index in [0.29, 0.717) is 17.1 Å². The van der Waals surface area contributed by atoms with Crippen LogP contribution < -0.4 is 4.18 Å². The molecule has 140 valence electrons. The van der Waals surface area contributed by atoms with Crippen LogP contribution >= 0.6 is 11.6 Å². The zero-order valence-corrected chi connectivity index (χ0v) is 16.5. The highest BCUT2D eigenvalue weighted by atomic mass is 35.5. The average molecular weight is 396 g/mol. The van der Waals surface area contributed by atoms with Gasteiger partial charge < -0.3 is 9.08 Å². The van der Waals surface area contributed by atoms with E-state index in [2.05, 4.69) is 0 Å². The third-order valence-corrected chi connectivity index (χ3v) is 4.72. The van der Waals surface area contributed by atoms with Crippen molar-refractivity contribution in [2.75, 3.05) is 6.26 Å². The standard InChI is InChI=1S/C19H22ClNO4S/c1-4-14(2)21(19(22)16-8-10-17(20)11-9-16)13-15-6-5-7-18(12-15)25-26(3,23)24/h5-12,14H,4,13H2,1-3H3/t14-/m0/s1. The van der Waals surface area contributed by atoms with Crippen molar-refractivity contribution in [2.24, 2.45) is 0 Å². The quantitative estimate of drug-likeness (QED) is 0.661. The molecule has 2 aromatic carbocycles. The van der Waals surface area contributed by atoms with E-state index in [9.17, 15) is 13.2 Å². The van der Waals surface area contributed by atoms with Crippen LogP contribution in [0.2, 0.25) is 5.02 Å². The van der Waals surface area contributed by atoms with Gasteiger partial charge in [0.25, 0.3) is 5.91 Å². The largest absolute Gasteiger partial charge is 0.383 e. The maximum Gasteiger partial charge on any atom is 0.306 e. The summed E-state index contributed by atoms with van der Waals surface area (Å²) in [5.74, 6) is 0.124. The molecule has 0 aromatic heterocycles. The van der Waals surface area contributed by atoms with Gasteiger partial charge in [-0.1, -0.05) is 30.7 Å². The molecule has 0 aliphatic heterocycles. The molecular weight excluding hydrogens is 374 g/mol. The minimum atomic E-state index is -3.60. The third kappa shape index (κ3) is 5.75. The molecule has 1 amide bonds. The Morgan fingerprint density at radius 2 is 1.85 bits per heavy atom. The maximum absolute atomic E-state index is 12.9. The fourth-order valence-electron chi connectivity index (χ4n) is 2.47. The highest BCUT2D eigenvalue weighted by Crippen LogP contribution is 2.20. The second-order valence-electron chi connectivity index (χ2n) is 6.13. The first-order chi connectivity index (χ1) is 12.2. The predicted octanol–water partition coefficient (Wildman–Crippen LogP) is 4.12. The molecule has 1 atom stereocenters. The lowest BCUT2D eigenvalue weighted by Crippen LogP contribution is -2.37. The van der Waals surface area contributed by atoms with Crippen LogP contribution in [-0.2, 0) is 16.7 Å². The lowest BCUT2D eigenvalue weighted by molar-refractivity contribution is 0.0671. The molecule has 2 aromatic rings. The molecule has 26 heavy (non-hydrogen) atoms. The third-order valence-electron chi connectivity index (χ3n) is 3.97. The molecule has 0 saturated carbocycles. The van der Waals surface area contributed by atoms with Crippen LogP contribution in [0.4, 0.5) is 0 Å². The maximum atomic E-state index is 12.9. The second-order valence-corrected chi connectivity index (χ2v) is 8.14. The van der Waals surface area contributed by atoms with Crippen molar-refractivity contribution < 1.29 is 17.4 Å².